The molecule has 128 valence electrons. The van der Waals surface area contributed by atoms with Gasteiger partial charge in [-0.15, -0.1) is 0 Å². The first-order valence-corrected chi connectivity index (χ1v) is 8.97. The van der Waals surface area contributed by atoms with Crippen LogP contribution in [0.2, 0.25) is 5.02 Å². The van der Waals surface area contributed by atoms with Crippen LogP contribution in [0.1, 0.15) is 57.3 Å². The maximum atomic E-state index is 12.1. The van der Waals surface area contributed by atoms with Gasteiger partial charge < -0.3 is 5.32 Å². The van der Waals surface area contributed by atoms with Crippen LogP contribution in [0.5, 0.6) is 0 Å². The highest BCUT2D eigenvalue weighted by molar-refractivity contribution is 6.30. The van der Waals surface area contributed by atoms with Gasteiger partial charge in [-0.1, -0.05) is 37.3 Å². The smallest absolute Gasteiger partial charge is 0.220 e. The first-order valence-electron chi connectivity index (χ1n) is 8.59. The second-order valence-electron chi connectivity index (χ2n) is 6.53. The SMILES string of the molecule is CC(NC(=O)CCC1CCCC1)c1nc(-c2ccc(Cl)cc2)n[nH]1. The van der Waals surface area contributed by atoms with Crippen molar-refractivity contribution in [3.63, 3.8) is 0 Å². The van der Waals surface area contributed by atoms with Gasteiger partial charge in [0.25, 0.3) is 0 Å². The van der Waals surface area contributed by atoms with Crippen LogP contribution in [0.4, 0.5) is 0 Å². The van der Waals surface area contributed by atoms with Crippen LogP contribution in [-0.4, -0.2) is 21.1 Å². The summed E-state index contributed by atoms with van der Waals surface area (Å²) < 4.78 is 0. The van der Waals surface area contributed by atoms with E-state index in [4.69, 9.17) is 11.6 Å². The number of nitrogens with one attached hydrogen (secondary N) is 2. The number of benzene rings is 1. The average molecular weight is 347 g/mol. The van der Waals surface area contributed by atoms with Crippen LogP contribution in [-0.2, 0) is 4.79 Å². The van der Waals surface area contributed by atoms with E-state index >= 15 is 0 Å². The number of carbonyl (C=O) groups excluding carboxylic acids is 1. The molecule has 1 fully saturated rings. The quantitative estimate of drug-likeness (QED) is 0.820. The van der Waals surface area contributed by atoms with Gasteiger partial charge in [0.15, 0.2) is 5.82 Å². The third kappa shape index (κ3) is 4.35. The van der Waals surface area contributed by atoms with Gasteiger partial charge in [-0.05, 0) is 43.5 Å². The third-order valence-electron chi connectivity index (χ3n) is 4.65. The summed E-state index contributed by atoms with van der Waals surface area (Å²) in [5.74, 6) is 2.08. The molecule has 1 amide bonds. The van der Waals surface area contributed by atoms with E-state index in [9.17, 15) is 4.79 Å². The van der Waals surface area contributed by atoms with Gasteiger partial charge in [0.1, 0.15) is 5.82 Å². The van der Waals surface area contributed by atoms with Gasteiger partial charge in [-0.2, -0.15) is 5.10 Å². The number of rotatable bonds is 6. The normalized spacial score (nSPS) is 16.2. The van der Waals surface area contributed by atoms with E-state index in [1.165, 1.54) is 25.7 Å². The fraction of sp³-hybridized carbons (Fsp3) is 0.500. The molecular weight excluding hydrogens is 324 g/mol. The molecule has 0 saturated heterocycles. The number of amides is 1. The molecule has 1 unspecified atom stereocenters. The Bertz CT molecular complexity index is 677. The summed E-state index contributed by atoms with van der Waals surface area (Å²) in [5.41, 5.74) is 0.890. The number of halogens is 1. The maximum absolute atomic E-state index is 12.1. The van der Waals surface area contributed by atoms with Crippen LogP contribution in [0, 0.1) is 5.92 Å². The molecule has 5 nitrogen and oxygen atoms in total. The molecule has 1 aliphatic rings. The Morgan fingerprint density at radius 2 is 2.04 bits per heavy atom. The van der Waals surface area contributed by atoms with Crippen molar-refractivity contribution in [2.45, 2.75) is 51.5 Å². The second-order valence-corrected chi connectivity index (χ2v) is 6.97. The van der Waals surface area contributed by atoms with Gasteiger partial charge in [-0.25, -0.2) is 4.98 Å². The molecule has 1 aromatic carbocycles. The Morgan fingerprint density at radius 1 is 1.33 bits per heavy atom. The zero-order chi connectivity index (χ0) is 16.9. The van der Waals surface area contributed by atoms with E-state index in [-0.39, 0.29) is 11.9 Å². The third-order valence-corrected chi connectivity index (χ3v) is 4.90. The molecule has 6 heteroatoms. The number of aromatic nitrogens is 3. The molecule has 1 atom stereocenters. The Kier molecular flexibility index (Phi) is 5.51. The van der Waals surface area contributed by atoms with Gasteiger partial charge in [0, 0.05) is 17.0 Å². The average Bonchev–Trinajstić information content (AvgIpc) is 3.25. The highest BCUT2D eigenvalue weighted by atomic mass is 35.5. The largest absolute Gasteiger partial charge is 0.346 e. The van der Waals surface area contributed by atoms with Gasteiger partial charge >= 0.3 is 0 Å². The molecule has 2 aromatic rings. The Hall–Kier alpha value is -1.88. The van der Waals surface area contributed by atoms with Crippen LogP contribution in [0.15, 0.2) is 24.3 Å². The number of carbonyl (C=O) groups is 1. The first kappa shape index (κ1) is 17.0. The lowest BCUT2D eigenvalue weighted by Crippen LogP contribution is -2.27. The minimum absolute atomic E-state index is 0.0823. The summed E-state index contributed by atoms with van der Waals surface area (Å²) in [6.45, 7) is 1.92. The van der Waals surface area contributed by atoms with Crippen molar-refractivity contribution in [1.82, 2.24) is 20.5 Å². The maximum Gasteiger partial charge on any atom is 0.220 e. The first-order chi connectivity index (χ1) is 11.6. The monoisotopic (exact) mass is 346 g/mol. The zero-order valence-electron chi connectivity index (χ0n) is 13.9. The topological polar surface area (TPSA) is 70.7 Å². The fourth-order valence-corrected chi connectivity index (χ4v) is 3.34. The van der Waals surface area contributed by atoms with E-state index in [0.717, 1.165) is 17.9 Å². The number of nitrogens with zero attached hydrogens (tertiary/aromatic N) is 2. The lowest BCUT2D eigenvalue weighted by atomic mass is 10.0. The molecule has 1 aliphatic carbocycles. The van der Waals surface area contributed by atoms with Gasteiger partial charge in [-0.3, -0.25) is 9.89 Å². The Balaban J connectivity index is 1.54. The summed E-state index contributed by atoms with van der Waals surface area (Å²) in [6, 6.07) is 7.18. The van der Waals surface area contributed by atoms with Crippen LogP contribution < -0.4 is 5.32 Å². The lowest BCUT2D eigenvalue weighted by molar-refractivity contribution is -0.122. The molecular formula is C18H23ClN4O. The van der Waals surface area contributed by atoms with Crippen molar-refractivity contribution in [2.75, 3.05) is 0 Å². The molecule has 1 saturated carbocycles. The number of hydrogen-bond donors (Lipinski definition) is 2. The standard InChI is InChI=1S/C18H23ClN4O/c1-12(20-16(24)11-6-13-4-2-3-5-13)17-21-18(23-22-17)14-7-9-15(19)10-8-14/h7-10,12-13H,2-6,11H2,1H3,(H,20,24)(H,21,22,23). The van der Waals surface area contributed by atoms with E-state index < -0.39 is 0 Å². The predicted molar refractivity (Wildman–Crippen MR) is 94.6 cm³/mol. The summed E-state index contributed by atoms with van der Waals surface area (Å²) >= 11 is 5.89. The lowest BCUT2D eigenvalue weighted by Gasteiger charge is -2.12. The molecule has 0 bridgehead atoms. The number of aromatic amines is 1. The predicted octanol–water partition coefficient (Wildman–Crippen LogP) is 4.27. The van der Waals surface area contributed by atoms with E-state index in [1.54, 1.807) is 12.1 Å². The summed E-state index contributed by atoms with van der Waals surface area (Å²) in [4.78, 5) is 16.6. The van der Waals surface area contributed by atoms with Crippen molar-refractivity contribution in [3.05, 3.63) is 35.1 Å². The van der Waals surface area contributed by atoms with Crippen molar-refractivity contribution in [3.8, 4) is 11.4 Å². The highest BCUT2D eigenvalue weighted by Crippen LogP contribution is 2.28. The van der Waals surface area contributed by atoms with Crippen LogP contribution in [0.3, 0.4) is 0 Å². The van der Waals surface area contributed by atoms with Gasteiger partial charge in [0.2, 0.25) is 5.91 Å². The van der Waals surface area contributed by atoms with Crippen LogP contribution >= 0.6 is 11.6 Å². The fourth-order valence-electron chi connectivity index (χ4n) is 3.21. The molecule has 0 spiro atoms. The molecule has 3 rings (SSSR count). The van der Waals surface area contributed by atoms with Crippen molar-refractivity contribution < 1.29 is 4.79 Å². The summed E-state index contributed by atoms with van der Waals surface area (Å²) in [5, 5.41) is 10.8. The molecule has 24 heavy (non-hydrogen) atoms. The van der Waals surface area contributed by atoms with Crippen LogP contribution in [0.25, 0.3) is 11.4 Å². The van der Waals surface area contributed by atoms with E-state index in [2.05, 4.69) is 20.5 Å². The van der Waals surface area contributed by atoms with E-state index in [0.29, 0.717) is 23.1 Å². The molecule has 0 radical (unpaired) electrons. The zero-order valence-corrected chi connectivity index (χ0v) is 14.6. The minimum Gasteiger partial charge on any atom is -0.346 e. The molecule has 1 aromatic heterocycles. The number of hydrogen-bond acceptors (Lipinski definition) is 3. The summed E-state index contributed by atoms with van der Waals surface area (Å²) in [6.07, 6.45) is 6.76. The minimum atomic E-state index is -0.186. The molecule has 2 N–H and O–H groups in total. The van der Waals surface area contributed by atoms with Gasteiger partial charge in [0.05, 0.1) is 6.04 Å². The summed E-state index contributed by atoms with van der Waals surface area (Å²) in [7, 11) is 0. The second kappa shape index (κ2) is 7.79. The van der Waals surface area contributed by atoms with Crippen molar-refractivity contribution in [2.24, 2.45) is 5.92 Å². The van der Waals surface area contributed by atoms with Crippen molar-refractivity contribution in [1.29, 1.82) is 0 Å². The van der Waals surface area contributed by atoms with Crippen molar-refractivity contribution >= 4 is 17.5 Å². The number of H-pyrrole nitrogens is 1. The van der Waals surface area contributed by atoms with E-state index in [1.807, 2.05) is 19.1 Å². The molecule has 1 heterocycles. The Labute approximate surface area is 147 Å². The Morgan fingerprint density at radius 3 is 2.75 bits per heavy atom. The highest BCUT2D eigenvalue weighted by Gasteiger charge is 2.18. The molecule has 0 aliphatic heterocycles.